The Bertz CT molecular complexity index is 912. The number of fused-ring (bicyclic) bond motifs is 1. The van der Waals surface area contributed by atoms with E-state index in [0.717, 1.165) is 5.41 Å². The number of hydrogen-bond acceptors (Lipinski definition) is 5. The van der Waals surface area contributed by atoms with E-state index < -0.39 is 15.9 Å². The first kappa shape index (κ1) is 14.7. The lowest BCUT2D eigenvalue weighted by Gasteiger charge is -2.11. The quantitative estimate of drug-likeness (QED) is 0.875. The summed E-state index contributed by atoms with van der Waals surface area (Å²) in [5, 5.41) is 8.86. The van der Waals surface area contributed by atoms with Gasteiger partial charge in [0.05, 0.1) is 28.4 Å². The van der Waals surface area contributed by atoms with Crippen molar-refractivity contribution in [1.29, 1.82) is 0 Å². The third-order valence-corrected chi connectivity index (χ3v) is 4.98. The highest BCUT2D eigenvalue weighted by Crippen LogP contribution is 2.22. The van der Waals surface area contributed by atoms with Crippen LogP contribution in [0.4, 0.5) is 0 Å². The first-order valence-electron chi connectivity index (χ1n) is 6.79. The minimum Gasteiger partial charge on any atom is -0.345 e. The summed E-state index contributed by atoms with van der Waals surface area (Å²) in [5.74, 6) is -0.420. The molecular formula is C14H16N4O3S. The van der Waals surface area contributed by atoms with Crippen molar-refractivity contribution in [1.82, 2.24) is 20.1 Å². The monoisotopic (exact) mass is 320 g/mol. The number of pyridine rings is 1. The van der Waals surface area contributed by atoms with Crippen LogP contribution in [0.5, 0.6) is 0 Å². The smallest absolute Gasteiger partial charge is 0.252 e. The Balaban J connectivity index is 1.99. The Morgan fingerprint density at radius 3 is 2.77 bits per heavy atom. The fourth-order valence-corrected chi connectivity index (χ4v) is 3.90. The highest BCUT2D eigenvalue weighted by atomic mass is 32.2. The predicted octanol–water partition coefficient (Wildman–Crippen LogP) is 0.626. The molecule has 0 aliphatic carbocycles. The van der Waals surface area contributed by atoms with Gasteiger partial charge in [-0.3, -0.25) is 9.48 Å². The van der Waals surface area contributed by atoms with Crippen LogP contribution in [0, 0.1) is 13.8 Å². The molecule has 1 N–H and O–H groups in total. The molecule has 0 saturated heterocycles. The van der Waals surface area contributed by atoms with E-state index in [1.165, 1.54) is 6.08 Å². The zero-order valence-electron chi connectivity index (χ0n) is 12.5. The van der Waals surface area contributed by atoms with Gasteiger partial charge in [0.1, 0.15) is 0 Å². The molecule has 0 radical (unpaired) electrons. The van der Waals surface area contributed by atoms with E-state index in [2.05, 4.69) is 15.4 Å². The number of amides is 1. The second-order valence-corrected chi connectivity index (χ2v) is 7.39. The molecule has 0 saturated carbocycles. The number of sulfone groups is 1. The maximum Gasteiger partial charge on any atom is 0.252 e. The van der Waals surface area contributed by atoms with E-state index in [1.54, 1.807) is 24.7 Å². The molecule has 2 aromatic heterocycles. The molecule has 0 spiro atoms. The van der Waals surface area contributed by atoms with Gasteiger partial charge in [-0.2, -0.15) is 5.10 Å². The molecule has 0 fully saturated rings. The van der Waals surface area contributed by atoms with Crippen LogP contribution >= 0.6 is 0 Å². The maximum atomic E-state index is 12.5. The first-order chi connectivity index (χ1) is 10.3. The number of carbonyl (C=O) groups is 1. The molecule has 0 unspecified atom stereocenters. The minimum atomic E-state index is -3.20. The Kier molecular flexibility index (Phi) is 3.28. The van der Waals surface area contributed by atoms with Crippen molar-refractivity contribution >= 4 is 26.8 Å². The predicted molar refractivity (Wildman–Crippen MR) is 82.2 cm³/mol. The van der Waals surface area contributed by atoms with Gasteiger partial charge in [-0.05, 0) is 26.0 Å². The third-order valence-electron chi connectivity index (χ3n) is 3.59. The van der Waals surface area contributed by atoms with Crippen molar-refractivity contribution < 1.29 is 13.2 Å². The van der Waals surface area contributed by atoms with Gasteiger partial charge < -0.3 is 5.32 Å². The second kappa shape index (κ2) is 4.91. The van der Waals surface area contributed by atoms with Gasteiger partial charge in [-0.1, -0.05) is 0 Å². The molecule has 0 aromatic carbocycles. The minimum absolute atomic E-state index is 0.0992. The highest BCUT2D eigenvalue weighted by molar-refractivity contribution is 7.94. The Morgan fingerprint density at radius 1 is 1.41 bits per heavy atom. The number of nitrogens with zero attached hydrogens (tertiary/aromatic N) is 3. The molecule has 7 nitrogen and oxygen atoms in total. The average molecular weight is 320 g/mol. The molecule has 0 bridgehead atoms. The lowest BCUT2D eigenvalue weighted by molar-refractivity contribution is 0.0949. The molecule has 8 heteroatoms. The van der Waals surface area contributed by atoms with Crippen LogP contribution in [-0.4, -0.2) is 40.9 Å². The van der Waals surface area contributed by atoms with Crippen molar-refractivity contribution in [3.63, 3.8) is 0 Å². The van der Waals surface area contributed by atoms with Crippen molar-refractivity contribution in [2.75, 3.05) is 5.75 Å². The zero-order valence-corrected chi connectivity index (χ0v) is 13.3. The van der Waals surface area contributed by atoms with Crippen molar-refractivity contribution in [2.45, 2.75) is 19.9 Å². The van der Waals surface area contributed by atoms with Crippen molar-refractivity contribution in [3.8, 4) is 0 Å². The van der Waals surface area contributed by atoms with E-state index in [9.17, 15) is 13.2 Å². The van der Waals surface area contributed by atoms with Crippen molar-refractivity contribution in [2.24, 2.45) is 7.05 Å². The third kappa shape index (κ3) is 2.50. The fraction of sp³-hybridized carbons (Fsp3) is 0.357. The molecular weight excluding hydrogens is 304 g/mol. The van der Waals surface area contributed by atoms with Gasteiger partial charge in [-0.15, -0.1) is 0 Å². The number of aryl methyl sites for hydroxylation is 3. The van der Waals surface area contributed by atoms with Crippen LogP contribution in [0.2, 0.25) is 0 Å². The van der Waals surface area contributed by atoms with Crippen LogP contribution in [0.25, 0.3) is 11.0 Å². The van der Waals surface area contributed by atoms with Gasteiger partial charge in [0.25, 0.3) is 5.91 Å². The topological polar surface area (TPSA) is 94.0 Å². The number of hydrogen-bond donors (Lipinski definition) is 1. The SMILES string of the molecule is Cc1cc(C(=O)N[C@H]2C=CS(=O)(=O)C2)c2c(C)nn(C)c2n1. The van der Waals surface area contributed by atoms with Crippen LogP contribution in [0.1, 0.15) is 21.7 Å². The molecule has 1 aliphatic rings. The van der Waals surface area contributed by atoms with E-state index in [4.69, 9.17) is 0 Å². The van der Waals surface area contributed by atoms with Crippen LogP contribution in [0.3, 0.4) is 0 Å². The van der Waals surface area contributed by atoms with Gasteiger partial charge >= 0.3 is 0 Å². The van der Waals surface area contributed by atoms with Gasteiger partial charge in [0.2, 0.25) is 0 Å². The first-order valence-corrected chi connectivity index (χ1v) is 8.51. The second-order valence-electron chi connectivity index (χ2n) is 5.46. The van der Waals surface area contributed by atoms with Crippen LogP contribution in [-0.2, 0) is 16.9 Å². The lowest BCUT2D eigenvalue weighted by Crippen LogP contribution is -2.35. The summed E-state index contributed by atoms with van der Waals surface area (Å²) < 4.78 is 24.5. The standard InChI is InChI=1S/C14H16N4O3S/c1-8-6-11(12-9(2)17-18(3)13(12)15-8)14(19)16-10-4-5-22(20,21)7-10/h4-6,10H,7H2,1-3H3,(H,16,19)/t10-/m0/s1. The molecule has 1 aliphatic heterocycles. The molecule has 22 heavy (non-hydrogen) atoms. The lowest BCUT2D eigenvalue weighted by atomic mass is 10.1. The van der Waals surface area contributed by atoms with Crippen LogP contribution in [0.15, 0.2) is 17.6 Å². The normalized spacial score (nSPS) is 19.7. The van der Waals surface area contributed by atoms with Crippen molar-refractivity contribution in [3.05, 3.63) is 34.5 Å². The van der Waals surface area contributed by atoms with Gasteiger partial charge in [0.15, 0.2) is 15.5 Å². The highest BCUT2D eigenvalue weighted by Gasteiger charge is 2.25. The Hall–Kier alpha value is -2.22. The zero-order chi connectivity index (χ0) is 16.1. The van der Waals surface area contributed by atoms with E-state index in [0.29, 0.717) is 28.0 Å². The van der Waals surface area contributed by atoms with Gasteiger partial charge in [0, 0.05) is 18.1 Å². The summed E-state index contributed by atoms with van der Waals surface area (Å²) in [7, 11) is -1.43. The van der Waals surface area contributed by atoms with E-state index >= 15 is 0 Å². The van der Waals surface area contributed by atoms with E-state index in [1.807, 2.05) is 6.92 Å². The number of aromatic nitrogens is 3. The average Bonchev–Trinajstić information content (AvgIpc) is 2.89. The molecule has 1 atom stereocenters. The molecule has 3 rings (SSSR count). The number of carbonyl (C=O) groups excluding carboxylic acids is 1. The number of rotatable bonds is 2. The fourth-order valence-electron chi connectivity index (χ4n) is 2.66. The summed E-state index contributed by atoms with van der Waals surface area (Å²) in [6, 6.07) is 1.19. The summed E-state index contributed by atoms with van der Waals surface area (Å²) in [5.41, 5.74) is 2.52. The summed E-state index contributed by atoms with van der Waals surface area (Å²) >= 11 is 0. The largest absolute Gasteiger partial charge is 0.345 e. The van der Waals surface area contributed by atoms with E-state index in [-0.39, 0.29) is 11.7 Å². The number of nitrogens with one attached hydrogen (secondary N) is 1. The maximum absolute atomic E-state index is 12.5. The van der Waals surface area contributed by atoms with Crippen LogP contribution < -0.4 is 5.32 Å². The Morgan fingerprint density at radius 2 is 2.14 bits per heavy atom. The molecule has 3 heterocycles. The Labute approximate surface area is 128 Å². The summed E-state index contributed by atoms with van der Waals surface area (Å²) in [6.07, 6.45) is 1.49. The molecule has 116 valence electrons. The summed E-state index contributed by atoms with van der Waals surface area (Å²) in [4.78, 5) is 16.9. The van der Waals surface area contributed by atoms with Gasteiger partial charge in [-0.25, -0.2) is 13.4 Å². The molecule has 1 amide bonds. The summed E-state index contributed by atoms with van der Waals surface area (Å²) in [6.45, 7) is 3.62. The molecule has 2 aromatic rings.